The van der Waals surface area contributed by atoms with E-state index in [0.717, 1.165) is 0 Å². The number of hydrogen-bond acceptors (Lipinski definition) is 17. The summed E-state index contributed by atoms with van der Waals surface area (Å²) in [5, 5.41) is 141. The van der Waals surface area contributed by atoms with Gasteiger partial charge in [0, 0.05) is 37.5 Å². The Morgan fingerprint density at radius 2 is 0.906 bits per heavy atom. The standard InChI is InChI=1S/C23H46N2O11.C10H23NO5.CH4/c1-5-13(27)18(32)19(33)14(28)9-24-17(31)7-6-12(8-23(2,3)4)22(36)25-10-15(29)20(34)21(35)16(30)11-26;1-10(2,3)11-4-6(13)8(15)9(16)7(14)5-12;/h12-16,18-21,26-30,32-35H,5-11H2,1-4H3,(H,24,31)(H,25,36);6-9,11-16H,4-5H2,1-3H3;1H4/t12?,13-,14+,15+,16-,18-,19-,20-,21-;6-,7+,8+,9+;/m10./s1. The first-order valence-corrected chi connectivity index (χ1v) is 17.4. The topological polar surface area (TPSA) is 353 Å². The molecule has 2 amide bonds. The monoisotopic (exact) mass is 779 g/mol. The van der Waals surface area contributed by atoms with Gasteiger partial charge in [-0.15, -0.1) is 0 Å². The Morgan fingerprint density at radius 1 is 0.547 bits per heavy atom. The molecular weight excluding hydrogens is 706 g/mol. The van der Waals surface area contributed by atoms with E-state index in [-0.39, 0.29) is 50.7 Å². The number of aliphatic hydroxyl groups is 14. The van der Waals surface area contributed by atoms with Crippen LogP contribution in [0.4, 0.5) is 0 Å². The van der Waals surface area contributed by atoms with Crippen molar-refractivity contribution in [2.24, 2.45) is 11.3 Å². The maximum absolute atomic E-state index is 12.7. The van der Waals surface area contributed by atoms with Gasteiger partial charge in [0.25, 0.3) is 0 Å². The maximum atomic E-state index is 12.7. The lowest BCUT2D eigenvalue weighted by molar-refractivity contribution is -0.130. The molecule has 19 nitrogen and oxygen atoms in total. The van der Waals surface area contributed by atoms with Crippen LogP contribution in [0.1, 0.15) is 81.6 Å². The van der Waals surface area contributed by atoms with Crippen LogP contribution in [-0.2, 0) is 9.59 Å². The van der Waals surface area contributed by atoms with E-state index < -0.39 is 111 Å². The van der Waals surface area contributed by atoms with Gasteiger partial charge in [-0.05, 0) is 45.4 Å². The fourth-order valence-electron chi connectivity index (χ4n) is 4.62. The molecule has 0 fully saturated rings. The molecule has 13 atom stereocenters. The van der Waals surface area contributed by atoms with Gasteiger partial charge in [0.2, 0.25) is 11.8 Å². The fourth-order valence-corrected chi connectivity index (χ4v) is 4.62. The number of carbonyl (C=O) groups is 2. The second kappa shape index (κ2) is 27.0. The molecule has 0 saturated heterocycles. The highest BCUT2D eigenvalue weighted by Crippen LogP contribution is 2.27. The third-order valence-corrected chi connectivity index (χ3v) is 7.99. The smallest absolute Gasteiger partial charge is 0.223 e. The Morgan fingerprint density at radius 3 is 1.26 bits per heavy atom. The Balaban J connectivity index is -0.00000123. The molecule has 0 aliphatic heterocycles. The first-order chi connectivity index (χ1) is 23.7. The van der Waals surface area contributed by atoms with Crippen LogP contribution < -0.4 is 16.0 Å². The van der Waals surface area contributed by atoms with Gasteiger partial charge in [-0.2, -0.15) is 0 Å². The molecule has 19 heteroatoms. The van der Waals surface area contributed by atoms with Crippen molar-refractivity contribution in [2.75, 3.05) is 32.8 Å². The first-order valence-electron chi connectivity index (χ1n) is 17.4. The molecule has 0 aromatic heterocycles. The Bertz CT molecular complexity index is 969. The molecule has 0 aliphatic carbocycles. The molecule has 0 aliphatic rings. The highest BCUT2D eigenvalue weighted by Gasteiger charge is 2.33. The van der Waals surface area contributed by atoms with E-state index in [1.165, 1.54) is 0 Å². The molecule has 0 saturated carbocycles. The Kier molecular flexibility index (Phi) is 28.4. The summed E-state index contributed by atoms with van der Waals surface area (Å²) in [7, 11) is 0. The summed E-state index contributed by atoms with van der Waals surface area (Å²) in [6, 6.07) is 0. The van der Waals surface area contributed by atoms with Crippen LogP contribution in [0.5, 0.6) is 0 Å². The van der Waals surface area contributed by atoms with Crippen molar-refractivity contribution in [1.29, 1.82) is 0 Å². The van der Waals surface area contributed by atoms with Crippen LogP contribution in [0, 0.1) is 11.3 Å². The maximum Gasteiger partial charge on any atom is 0.223 e. The van der Waals surface area contributed by atoms with Crippen molar-refractivity contribution < 1.29 is 81.1 Å². The van der Waals surface area contributed by atoms with Crippen molar-refractivity contribution in [3.8, 4) is 0 Å². The highest BCUT2D eigenvalue weighted by molar-refractivity contribution is 5.80. The summed E-state index contributed by atoms with van der Waals surface area (Å²) in [5.74, 6) is -1.69. The third-order valence-electron chi connectivity index (χ3n) is 7.99. The molecule has 0 spiro atoms. The van der Waals surface area contributed by atoms with E-state index in [1.54, 1.807) is 6.92 Å². The normalized spacial score (nSPS) is 19.6. The van der Waals surface area contributed by atoms with Crippen LogP contribution in [-0.4, -0.2) is 195 Å². The van der Waals surface area contributed by atoms with E-state index in [9.17, 15) is 65.8 Å². The Hall–Kier alpha value is -1.66. The lowest BCUT2D eigenvalue weighted by Crippen LogP contribution is -2.51. The number of aliphatic hydroxyl groups excluding tert-OH is 14. The zero-order valence-electron chi connectivity index (χ0n) is 31.4. The molecule has 53 heavy (non-hydrogen) atoms. The minimum absolute atomic E-state index is 0. The number of nitrogens with one attached hydrogen (secondary N) is 3. The van der Waals surface area contributed by atoms with Gasteiger partial charge in [-0.1, -0.05) is 35.1 Å². The van der Waals surface area contributed by atoms with Crippen molar-refractivity contribution in [1.82, 2.24) is 16.0 Å². The van der Waals surface area contributed by atoms with E-state index >= 15 is 0 Å². The number of β-amino-alcohol motifs (C(OH)–C–C–N with tert-alkyl or cyclic N) is 1. The highest BCUT2D eigenvalue weighted by atomic mass is 16.4. The largest absolute Gasteiger partial charge is 0.394 e. The lowest BCUT2D eigenvalue weighted by Gasteiger charge is -2.28. The van der Waals surface area contributed by atoms with Crippen LogP contribution in [0.2, 0.25) is 0 Å². The molecule has 0 bridgehead atoms. The first kappa shape index (κ1) is 55.7. The lowest BCUT2D eigenvalue weighted by atomic mass is 9.82. The minimum atomic E-state index is -1.82. The summed E-state index contributed by atoms with van der Waals surface area (Å²) in [6.07, 6.45) is -18.1. The van der Waals surface area contributed by atoms with Crippen molar-refractivity contribution in [3.63, 3.8) is 0 Å². The number of carbonyl (C=O) groups excluding carboxylic acids is 2. The summed E-state index contributed by atoms with van der Waals surface area (Å²) >= 11 is 0. The molecular formula is C34H73N3O16. The summed E-state index contributed by atoms with van der Waals surface area (Å²) in [4.78, 5) is 25.0. The molecule has 1 unspecified atom stereocenters. The number of rotatable bonds is 23. The number of amides is 2. The molecule has 0 radical (unpaired) electrons. The zero-order chi connectivity index (χ0) is 41.1. The molecule has 17 N–H and O–H groups in total. The fraction of sp³-hybridized carbons (Fsp3) is 0.941. The van der Waals surface area contributed by atoms with E-state index in [0.29, 0.717) is 6.42 Å². The predicted molar refractivity (Wildman–Crippen MR) is 194 cm³/mol. The summed E-state index contributed by atoms with van der Waals surface area (Å²) in [5.41, 5.74) is -0.518. The van der Waals surface area contributed by atoms with E-state index in [2.05, 4.69) is 16.0 Å². The van der Waals surface area contributed by atoms with Crippen molar-refractivity contribution >= 4 is 11.8 Å². The van der Waals surface area contributed by atoms with Gasteiger partial charge < -0.3 is 87.4 Å². The van der Waals surface area contributed by atoms with Gasteiger partial charge in [-0.25, -0.2) is 0 Å². The molecule has 0 aromatic carbocycles. The van der Waals surface area contributed by atoms with Crippen LogP contribution in [0.25, 0.3) is 0 Å². The van der Waals surface area contributed by atoms with Crippen molar-refractivity contribution in [2.45, 2.75) is 160 Å². The average molecular weight is 780 g/mol. The van der Waals surface area contributed by atoms with Crippen LogP contribution >= 0.6 is 0 Å². The number of hydrogen-bond donors (Lipinski definition) is 17. The predicted octanol–water partition coefficient (Wildman–Crippen LogP) is -5.21. The molecule has 0 heterocycles. The summed E-state index contributed by atoms with van der Waals surface area (Å²) in [6.45, 7) is 10.7. The second-order valence-electron chi connectivity index (χ2n) is 15.3. The Labute approximate surface area is 313 Å². The zero-order valence-corrected chi connectivity index (χ0v) is 31.4. The van der Waals surface area contributed by atoms with Crippen LogP contribution in [0.15, 0.2) is 0 Å². The second-order valence-corrected chi connectivity index (χ2v) is 15.3. The molecule has 0 aromatic rings. The van der Waals surface area contributed by atoms with E-state index in [4.69, 9.17) is 15.3 Å². The summed E-state index contributed by atoms with van der Waals surface area (Å²) < 4.78 is 0. The average Bonchev–Trinajstić information content (AvgIpc) is 3.09. The van der Waals surface area contributed by atoms with Crippen molar-refractivity contribution in [3.05, 3.63) is 0 Å². The SMILES string of the molecule is C.CC(C)(C)NC[C@H](O)[C@@H](O)[C@H](O)[C@H](O)CO.CC[C@@H](O)[C@@H](O)[C@H](O)[C@@H](O)CNC(=O)CCC(CC(C)(C)C)C(=O)NC[C@H](O)[C@@H](O)[C@H](O)[C@H](O)CO. The third kappa shape index (κ3) is 23.8. The molecule has 320 valence electrons. The van der Waals surface area contributed by atoms with Crippen LogP contribution in [0.3, 0.4) is 0 Å². The van der Waals surface area contributed by atoms with Gasteiger partial charge in [0.1, 0.15) is 48.8 Å². The molecule has 0 rings (SSSR count). The van der Waals surface area contributed by atoms with Gasteiger partial charge in [0.15, 0.2) is 0 Å². The van der Waals surface area contributed by atoms with Gasteiger partial charge in [-0.3, -0.25) is 9.59 Å². The van der Waals surface area contributed by atoms with E-state index in [1.807, 2.05) is 41.5 Å². The minimum Gasteiger partial charge on any atom is -0.394 e. The quantitative estimate of drug-likeness (QED) is 0.0461. The van der Waals surface area contributed by atoms with Gasteiger partial charge >= 0.3 is 0 Å². The van der Waals surface area contributed by atoms with Gasteiger partial charge in [0.05, 0.1) is 37.6 Å².